The van der Waals surface area contributed by atoms with Gasteiger partial charge < -0.3 is 15.1 Å². The van der Waals surface area contributed by atoms with Crippen molar-refractivity contribution in [2.45, 2.75) is 26.8 Å². The van der Waals surface area contributed by atoms with Crippen molar-refractivity contribution in [2.75, 3.05) is 33.2 Å². The largest absolute Gasteiger partial charge is 0.351 e. The summed E-state index contributed by atoms with van der Waals surface area (Å²) in [5.74, 6) is 1.02. The third-order valence-corrected chi connectivity index (χ3v) is 4.61. The number of thiazole rings is 1. The van der Waals surface area contributed by atoms with E-state index in [0.717, 1.165) is 49.3 Å². The van der Waals surface area contributed by atoms with Crippen molar-refractivity contribution in [1.82, 2.24) is 20.1 Å². The Hall–Kier alpha value is -0.900. The quantitative estimate of drug-likeness (QED) is 0.443. The number of hydrogen-bond acceptors (Lipinski definition) is 4. The number of aromatic nitrogens is 1. The average molecular weight is 437 g/mol. The Morgan fingerprint density at radius 3 is 2.50 bits per heavy atom. The summed E-state index contributed by atoms with van der Waals surface area (Å²) in [7, 11) is 1.79. The molecule has 6 nitrogen and oxygen atoms in total. The van der Waals surface area contributed by atoms with Gasteiger partial charge in [0.2, 0.25) is 5.91 Å². The molecule has 0 unspecified atom stereocenters. The summed E-state index contributed by atoms with van der Waals surface area (Å²) in [6.45, 7) is 7.57. The molecule has 1 amide bonds. The first-order valence-electron chi connectivity index (χ1n) is 7.28. The van der Waals surface area contributed by atoms with Crippen molar-refractivity contribution in [3.8, 4) is 0 Å². The van der Waals surface area contributed by atoms with Crippen molar-refractivity contribution in [2.24, 2.45) is 4.99 Å². The van der Waals surface area contributed by atoms with Crippen LogP contribution in [-0.4, -0.2) is 59.9 Å². The first-order valence-corrected chi connectivity index (χ1v) is 8.16. The summed E-state index contributed by atoms with van der Waals surface area (Å²) in [5, 5.41) is 6.61. The van der Waals surface area contributed by atoms with Crippen molar-refractivity contribution in [3.63, 3.8) is 0 Å². The van der Waals surface area contributed by atoms with E-state index >= 15 is 0 Å². The Morgan fingerprint density at radius 1 is 1.36 bits per heavy atom. The molecule has 0 spiro atoms. The molecule has 0 atom stereocenters. The molecule has 1 saturated heterocycles. The molecule has 2 rings (SSSR count). The minimum absolute atomic E-state index is 0. The van der Waals surface area contributed by atoms with E-state index in [4.69, 9.17) is 0 Å². The Labute approximate surface area is 153 Å². The predicted molar refractivity (Wildman–Crippen MR) is 101 cm³/mol. The number of guanidine groups is 1. The second kappa shape index (κ2) is 9.29. The summed E-state index contributed by atoms with van der Waals surface area (Å²) in [6, 6.07) is 0. The summed E-state index contributed by atoms with van der Waals surface area (Å²) in [4.78, 5) is 24.3. The molecule has 0 aliphatic carbocycles. The highest BCUT2D eigenvalue weighted by Crippen LogP contribution is 2.10. The predicted octanol–water partition coefficient (Wildman–Crippen LogP) is 1.56. The van der Waals surface area contributed by atoms with Gasteiger partial charge in [0.15, 0.2) is 5.96 Å². The molecule has 22 heavy (non-hydrogen) atoms. The number of nitrogens with zero attached hydrogens (tertiary/aromatic N) is 4. The molecule has 1 aliphatic rings. The summed E-state index contributed by atoms with van der Waals surface area (Å²) in [5.41, 5.74) is 1.06. The topological polar surface area (TPSA) is 60.8 Å². The number of aliphatic imine (C=N–C) groups is 1. The molecule has 1 aliphatic heterocycles. The molecule has 8 heteroatoms. The minimum Gasteiger partial charge on any atom is -0.351 e. The van der Waals surface area contributed by atoms with E-state index < -0.39 is 0 Å². The number of amides is 1. The molecule has 0 saturated carbocycles. The lowest BCUT2D eigenvalue weighted by Crippen LogP contribution is -2.53. The van der Waals surface area contributed by atoms with Crippen LogP contribution in [0.2, 0.25) is 0 Å². The van der Waals surface area contributed by atoms with Gasteiger partial charge >= 0.3 is 0 Å². The fourth-order valence-electron chi connectivity index (χ4n) is 2.33. The summed E-state index contributed by atoms with van der Waals surface area (Å²) in [6.07, 6.45) is 0.979. The Balaban J connectivity index is 0.00000242. The number of halogens is 1. The van der Waals surface area contributed by atoms with Gasteiger partial charge in [0.05, 0.1) is 17.2 Å². The van der Waals surface area contributed by atoms with Gasteiger partial charge in [-0.05, 0) is 6.42 Å². The molecular weight excluding hydrogens is 413 g/mol. The number of carbonyl (C=O) groups is 1. The highest BCUT2D eigenvalue weighted by molar-refractivity contribution is 14.0. The average Bonchev–Trinajstić information content (AvgIpc) is 2.96. The van der Waals surface area contributed by atoms with Crippen LogP contribution in [0.5, 0.6) is 0 Å². The van der Waals surface area contributed by atoms with Crippen LogP contribution in [0, 0.1) is 0 Å². The number of hydrogen-bond donors (Lipinski definition) is 1. The maximum Gasteiger partial charge on any atom is 0.219 e. The van der Waals surface area contributed by atoms with Crippen molar-refractivity contribution >= 4 is 47.2 Å². The van der Waals surface area contributed by atoms with Crippen LogP contribution >= 0.6 is 35.3 Å². The number of aryl methyl sites for hydroxylation is 1. The zero-order valence-electron chi connectivity index (χ0n) is 13.3. The van der Waals surface area contributed by atoms with Crippen LogP contribution in [0.1, 0.15) is 24.5 Å². The zero-order chi connectivity index (χ0) is 15.2. The minimum atomic E-state index is 0. The molecule has 1 aromatic rings. The number of piperazine rings is 1. The molecule has 1 fully saturated rings. The maximum atomic E-state index is 11.3. The summed E-state index contributed by atoms with van der Waals surface area (Å²) >= 11 is 1.70. The SMILES string of the molecule is CCc1nc(CNC(=NC)N2CCN(C(C)=O)CC2)cs1.I. The van der Waals surface area contributed by atoms with Gasteiger partial charge in [-0.25, -0.2) is 4.98 Å². The van der Waals surface area contributed by atoms with Gasteiger partial charge in [-0.1, -0.05) is 6.92 Å². The van der Waals surface area contributed by atoms with Crippen molar-refractivity contribution in [1.29, 1.82) is 0 Å². The zero-order valence-corrected chi connectivity index (χ0v) is 16.5. The van der Waals surface area contributed by atoms with Crippen LogP contribution in [0.25, 0.3) is 0 Å². The molecular formula is C14H24IN5OS. The summed E-state index contributed by atoms with van der Waals surface area (Å²) < 4.78 is 0. The molecule has 0 bridgehead atoms. The Kier molecular flexibility index (Phi) is 8.08. The van der Waals surface area contributed by atoms with Gasteiger partial charge in [-0.15, -0.1) is 35.3 Å². The Morgan fingerprint density at radius 2 is 2.00 bits per heavy atom. The highest BCUT2D eigenvalue weighted by Gasteiger charge is 2.20. The van der Waals surface area contributed by atoms with Crippen LogP contribution in [-0.2, 0) is 17.8 Å². The van der Waals surface area contributed by atoms with Crippen LogP contribution < -0.4 is 5.32 Å². The normalized spacial score (nSPS) is 15.5. The Bertz CT molecular complexity index is 511. The van der Waals surface area contributed by atoms with E-state index in [1.165, 1.54) is 0 Å². The second-order valence-corrected chi connectivity index (χ2v) is 5.92. The fourth-order valence-corrected chi connectivity index (χ4v) is 3.07. The van der Waals surface area contributed by atoms with Gasteiger partial charge in [-0.3, -0.25) is 9.79 Å². The first-order chi connectivity index (χ1) is 10.1. The van der Waals surface area contributed by atoms with Crippen LogP contribution in [0.4, 0.5) is 0 Å². The van der Waals surface area contributed by atoms with Crippen LogP contribution in [0.15, 0.2) is 10.4 Å². The third kappa shape index (κ3) is 5.08. The number of nitrogens with one attached hydrogen (secondary N) is 1. The number of rotatable bonds is 3. The number of carbonyl (C=O) groups excluding carboxylic acids is 1. The van der Waals surface area contributed by atoms with E-state index in [1.807, 2.05) is 4.90 Å². The van der Waals surface area contributed by atoms with Crippen molar-refractivity contribution in [3.05, 3.63) is 16.1 Å². The van der Waals surface area contributed by atoms with E-state index in [2.05, 4.69) is 32.5 Å². The standard InChI is InChI=1S/C14H23N5OS.HI/c1-4-13-17-12(10-21-13)9-16-14(15-3)19-7-5-18(6-8-19)11(2)20;/h10H,4-9H2,1-3H3,(H,15,16);1H. The lowest BCUT2D eigenvalue weighted by atomic mass is 10.3. The third-order valence-electron chi connectivity index (χ3n) is 3.57. The van der Waals surface area contributed by atoms with E-state index in [1.54, 1.807) is 25.3 Å². The molecule has 2 heterocycles. The lowest BCUT2D eigenvalue weighted by Gasteiger charge is -2.36. The fraction of sp³-hybridized carbons (Fsp3) is 0.643. The second-order valence-electron chi connectivity index (χ2n) is 4.98. The maximum absolute atomic E-state index is 11.3. The molecule has 1 aromatic heterocycles. The lowest BCUT2D eigenvalue weighted by molar-refractivity contribution is -0.130. The molecule has 124 valence electrons. The smallest absolute Gasteiger partial charge is 0.219 e. The first kappa shape index (κ1) is 19.1. The van der Waals surface area contributed by atoms with Crippen molar-refractivity contribution < 1.29 is 4.79 Å². The van der Waals surface area contributed by atoms with Crippen LogP contribution in [0.3, 0.4) is 0 Å². The van der Waals surface area contributed by atoms with Gasteiger partial charge in [0, 0.05) is 45.5 Å². The molecule has 0 aromatic carbocycles. The van der Waals surface area contributed by atoms with E-state index in [9.17, 15) is 4.79 Å². The molecule has 1 N–H and O–H groups in total. The van der Waals surface area contributed by atoms with Gasteiger partial charge in [0.1, 0.15) is 0 Å². The molecule has 0 radical (unpaired) electrons. The monoisotopic (exact) mass is 437 g/mol. The van der Waals surface area contributed by atoms with E-state index in [-0.39, 0.29) is 29.9 Å². The van der Waals surface area contributed by atoms with E-state index in [0.29, 0.717) is 6.54 Å². The van der Waals surface area contributed by atoms with Gasteiger partial charge in [-0.2, -0.15) is 0 Å². The van der Waals surface area contributed by atoms with Gasteiger partial charge in [0.25, 0.3) is 0 Å². The highest BCUT2D eigenvalue weighted by atomic mass is 127.